The summed E-state index contributed by atoms with van der Waals surface area (Å²) in [5.41, 5.74) is 0. The maximum Gasteiger partial charge on any atom is 1.00 e. The second-order valence-electron chi connectivity index (χ2n) is 7.13. The zero-order valence-electron chi connectivity index (χ0n) is 27.9. The number of ketones is 2. The second-order valence-corrected chi connectivity index (χ2v) is 7.13. The van der Waals surface area contributed by atoms with Crippen molar-refractivity contribution in [1.82, 2.24) is 0 Å². The van der Waals surface area contributed by atoms with E-state index in [4.69, 9.17) is 9.47 Å². The van der Waals surface area contributed by atoms with Gasteiger partial charge in [0.1, 0.15) is 0 Å². The molecular weight excluding hydrogens is 503 g/mol. The Hall–Kier alpha value is 2.27. The largest absolute Gasteiger partial charge is 1.00 e. The summed E-state index contributed by atoms with van der Waals surface area (Å²) in [6, 6.07) is 0. The molecule has 0 heterocycles. The van der Waals surface area contributed by atoms with Gasteiger partial charge in [-0.2, -0.15) is 0 Å². The standard InChI is InChI=1S/2C7H16O.2C4H7O.2C3H8.2CH3.2K/c2*1-3-5-7-8-6-4-2;2*1-3-4(2)5;2*1-3-2;;;;/h2*3-7H2,1-2H3;2*2-3H2,1H3;2*3H2,1-2H3;2*1H3;;/q;;2*-1;;;2*-1;2*+1. The van der Waals surface area contributed by atoms with Crippen molar-refractivity contribution in [3.63, 3.8) is 0 Å². The monoisotopic (exact) mass is 570 g/mol. The molecule has 0 radical (unpaired) electrons. The van der Waals surface area contributed by atoms with Crippen LogP contribution < -0.4 is 103 Å². The van der Waals surface area contributed by atoms with Crippen LogP contribution in [-0.2, 0) is 19.1 Å². The Morgan fingerprint density at radius 3 is 0.806 bits per heavy atom. The van der Waals surface area contributed by atoms with Crippen LogP contribution in [0, 0.1) is 28.7 Å². The van der Waals surface area contributed by atoms with E-state index in [0.29, 0.717) is 12.8 Å². The summed E-state index contributed by atoms with van der Waals surface area (Å²) in [6.07, 6.45) is 10.8. The Labute approximate surface area is 317 Å². The Morgan fingerprint density at radius 1 is 0.500 bits per heavy atom. The van der Waals surface area contributed by atoms with Gasteiger partial charge in [-0.25, -0.2) is 0 Å². The molecule has 0 rings (SSSR count). The maximum absolute atomic E-state index is 9.70. The van der Waals surface area contributed by atoms with Gasteiger partial charge in [0.15, 0.2) is 0 Å². The molecule has 0 unspecified atom stereocenters. The summed E-state index contributed by atoms with van der Waals surface area (Å²) in [7, 11) is 0. The van der Waals surface area contributed by atoms with E-state index in [1.807, 2.05) is 0 Å². The number of ether oxygens (including phenoxy) is 2. The first kappa shape index (κ1) is 66.5. The number of hydrogen-bond donors (Lipinski definition) is 0. The molecule has 0 aromatic heterocycles. The second kappa shape index (κ2) is 83.2. The Morgan fingerprint density at radius 2 is 0.694 bits per heavy atom. The van der Waals surface area contributed by atoms with Crippen molar-refractivity contribution < 1.29 is 122 Å². The summed E-state index contributed by atoms with van der Waals surface area (Å²) < 4.78 is 10.4. The first-order chi connectivity index (χ1) is 15.2. The van der Waals surface area contributed by atoms with Crippen molar-refractivity contribution in [3.8, 4) is 0 Å². The van der Waals surface area contributed by atoms with Crippen molar-refractivity contribution in [2.24, 2.45) is 0 Å². The van der Waals surface area contributed by atoms with Gasteiger partial charge in [0.05, 0.1) is 0 Å². The van der Waals surface area contributed by atoms with Gasteiger partial charge >= 0.3 is 103 Å². The van der Waals surface area contributed by atoms with E-state index >= 15 is 0 Å². The van der Waals surface area contributed by atoms with Crippen LogP contribution in [0.15, 0.2) is 0 Å². The summed E-state index contributed by atoms with van der Waals surface area (Å²) in [5.74, 6) is 0.00926. The molecule has 0 aliphatic heterocycles. The fourth-order valence-corrected chi connectivity index (χ4v) is 0.986. The Bertz CT molecular complexity index is 250. The quantitative estimate of drug-likeness (QED) is 0.204. The average molecular weight is 571 g/mol. The molecule has 0 N–H and O–H groups in total. The molecule has 0 fully saturated rings. The minimum Gasteiger partial charge on any atom is -0.381 e. The summed E-state index contributed by atoms with van der Waals surface area (Å²) in [4.78, 5) is 19.4. The predicted octanol–water partition coefficient (Wildman–Crippen LogP) is 3.77. The van der Waals surface area contributed by atoms with E-state index in [2.05, 4.69) is 69.2 Å². The minimum absolute atomic E-state index is 0. The van der Waals surface area contributed by atoms with Crippen LogP contribution in [0.25, 0.3) is 0 Å². The first-order valence-electron chi connectivity index (χ1n) is 13.0. The van der Waals surface area contributed by atoms with Crippen LogP contribution >= 0.6 is 0 Å². The SMILES string of the molecule is CCC.CCC.CCCCOCCC.CCCCOCCC.[CH2-]C(=O)CC.[CH2-]C(=O)CC.[CH3-].[CH3-].[K+].[K+]. The van der Waals surface area contributed by atoms with Gasteiger partial charge in [-0.1, -0.05) is 94.9 Å². The number of rotatable bonds is 12. The number of carbonyl (C=O) groups is 2. The normalized spacial score (nSPS) is 7.39. The van der Waals surface area contributed by atoms with Crippen molar-refractivity contribution in [3.05, 3.63) is 28.7 Å². The van der Waals surface area contributed by atoms with Crippen LogP contribution in [0.5, 0.6) is 0 Å². The molecule has 4 nitrogen and oxygen atoms in total. The molecule has 0 aromatic carbocycles. The summed E-state index contributed by atoms with van der Waals surface area (Å²) >= 11 is 0. The smallest absolute Gasteiger partial charge is 0.381 e. The fraction of sp³-hybridized carbons (Fsp3) is 0.800. The molecule has 0 aliphatic rings. The molecule has 0 aromatic rings. The molecule has 0 amide bonds. The predicted molar refractivity (Wildman–Crippen MR) is 158 cm³/mol. The van der Waals surface area contributed by atoms with Gasteiger partial charge in [0.25, 0.3) is 0 Å². The molecule has 6 heteroatoms. The fourth-order valence-electron chi connectivity index (χ4n) is 0.986. The molecule has 0 bridgehead atoms. The third kappa shape index (κ3) is 170. The van der Waals surface area contributed by atoms with Gasteiger partial charge in [0.2, 0.25) is 0 Å². The molecule has 0 spiro atoms. The topological polar surface area (TPSA) is 52.6 Å². The van der Waals surface area contributed by atoms with Gasteiger partial charge in [-0.3, -0.25) is 0 Å². The van der Waals surface area contributed by atoms with E-state index in [0.717, 1.165) is 39.3 Å². The van der Waals surface area contributed by atoms with E-state index in [1.165, 1.54) is 38.5 Å². The summed E-state index contributed by atoms with van der Waals surface area (Å²) in [6.45, 7) is 30.7. The molecule has 0 saturated carbocycles. The maximum atomic E-state index is 9.70. The van der Waals surface area contributed by atoms with Crippen LogP contribution in [0.3, 0.4) is 0 Å². The minimum atomic E-state index is 0. The van der Waals surface area contributed by atoms with Crippen LogP contribution in [0.1, 0.15) is 133 Å². The van der Waals surface area contributed by atoms with E-state index in [9.17, 15) is 9.59 Å². The van der Waals surface area contributed by atoms with Crippen LogP contribution in [-0.4, -0.2) is 38.0 Å². The average Bonchev–Trinajstić information content (AvgIpc) is 2.77. The van der Waals surface area contributed by atoms with Crippen molar-refractivity contribution in [2.45, 2.75) is 133 Å². The van der Waals surface area contributed by atoms with Gasteiger partial charge in [0, 0.05) is 26.4 Å². The van der Waals surface area contributed by atoms with E-state index in [-0.39, 0.29) is 129 Å². The third-order valence-corrected chi connectivity index (χ3v) is 2.77. The zero-order chi connectivity index (χ0) is 26.5. The van der Waals surface area contributed by atoms with Crippen molar-refractivity contribution in [2.75, 3.05) is 26.4 Å². The molecule has 0 atom stereocenters. The van der Waals surface area contributed by atoms with E-state index in [1.54, 1.807) is 13.8 Å². The van der Waals surface area contributed by atoms with Crippen molar-refractivity contribution >= 4 is 11.6 Å². The van der Waals surface area contributed by atoms with Crippen LogP contribution in [0.4, 0.5) is 0 Å². The molecular formula is C30H68K2O4-2. The van der Waals surface area contributed by atoms with Gasteiger partial charge in [-0.15, -0.1) is 0 Å². The molecule has 36 heavy (non-hydrogen) atoms. The van der Waals surface area contributed by atoms with Crippen LogP contribution in [0.2, 0.25) is 0 Å². The molecule has 0 saturated heterocycles. The van der Waals surface area contributed by atoms with Crippen molar-refractivity contribution in [1.29, 1.82) is 0 Å². The van der Waals surface area contributed by atoms with Gasteiger partial charge < -0.3 is 47.8 Å². The number of carbonyl (C=O) groups excluding carboxylic acids is 2. The van der Waals surface area contributed by atoms with E-state index < -0.39 is 0 Å². The third-order valence-electron chi connectivity index (χ3n) is 2.77. The molecule has 216 valence electrons. The first-order valence-corrected chi connectivity index (χ1v) is 13.0. The number of unbranched alkanes of at least 4 members (excludes halogenated alkanes) is 2. The Kier molecular flexibility index (Phi) is 154. The Balaban J connectivity index is -0.0000000286. The number of Topliss-reactive ketones (excluding diaryl/α,β-unsaturated/α-hetero) is 2. The van der Waals surface area contributed by atoms with Gasteiger partial charge in [-0.05, 0) is 50.1 Å². The summed E-state index contributed by atoms with van der Waals surface area (Å²) in [5, 5.41) is 0. The number of hydrogen-bond acceptors (Lipinski definition) is 4. The molecule has 0 aliphatic carbocycles. The zero-order valence-corrected chi connectivity index (χ0v) is 34.2.